The summed E-state index contributed by atoms with van der Waals surface area (Å²) < 4.78 is 56.0. The van der Waals surface area contributed by atoms with Gasteiger partial charge in [-0.25, -0.2) is 4.39 Å². The summed E-state index contributed by atoms with van der Waals surface area (Å²) in [6.07, 6.45) is -4.53. The Balaban J connectivity index is 2.95. The largest absolute Gasteiger partial charge is 0.416 e. The van der Waals surface area contributed by atoms with Gasteiger partial charge in [0.05, 0.1) is 23.8 Å². The fourth-order valence-electron chi connectivity index (χ4n) is 1.69. The van der Waals surface area contributed by atoms with E-state index in [4.69, 9.17) is 9.84 Å². The molecule has 0 heterocycles. The molecular formula is C13H15F4NO3. The number of alkyl halides is 3. The molecule has 0 bridgehead atoms. The number of benzene rings is 1. The third kappa shape index (κ3) is 4.98. The second-order valence-corrected chi connectivity index (χ2v) is 4.33. The molecule has 1 rings (SSSR count). The molecule has 1 amide bonds. The zero-order chi connectivity index (χ0) is 16.0. The molecule has 1 atom stereocenters. The van der Waals surface area contributed by atoms with Crippen molar-refractivity contribution in [3.63, 3.8) is 0 Å². The van der Waals surface area contributed by atoms with Gasteiger partial charge in [0, 0.05) is 13.7 Å². The van der Waals surface area contributed by atoms with E-state index in [9.17, 15) is 22.4 Å². The van der Waals surface area contributed by atoms with Gasteiger partial charge in [-0.2, -0.15) is 13.2 Å². The van der Waals surface area contributed by atoms with Crippen molar-refractivity contribution in [1.29, 1.82) is 0 Å². The number of nitrogens with one attached hydrogen (secondary N) is 1. The summed E-state index contributed by atoms with van der Waals surface area (Å²) in [7, 11) is 1.36. The number of rotatable bonds is 6. The minimum Gasteiger partial charge on any atom is -0.396 e. The number of hydrogen-bond donors (Lipinski definition) is 2. The molecule has 118 valence electrons. The predicted octanol–water partition coefficient (Wildman–Crippen LogP) is 1.97. The number of carbonyl (C=O) groups excluding carboxylic acids is 1. The van der Waals surface area contributed by atoms with E-state index in [1.54, 1.807) is 0 Å². The van der Waals surface area contributed by atoms with E-state index >= 15 is 0 Å². The number of halogens is 4. The molecule has 0 aromatic heterocycles. The summed E-state index contributed by atoms with van der Waals surface area (Å²) in [5.41, 5.74) is -1.82. The lowest BCUT2D eigenvalue weighted by Gasteiger charge is -2.17. The second kappa shape index (κ2) is 7.37. The first kappa shape index (κ1) is 17.4. The van der Waals surface area contributed by atoms with Crippen molar-refractivity contribution in [2.24, 2.45) is 0 Å². The van der Waals surface area contributed by atoms with Crippen LogP contribution in [0.3, 0.4) is 0 Å². The van der Waals surface area contributed by atoms with E-state index in [1.807, 2.05) is 0 Å². The third-order valence-corrected chi connectivity index (χ3v) is 2.72. The van der Waals surface area contributed by atoms with Crippen LogP contribution in [0.4, 0.5) is 17.6 Å². The van der Waals surface area contributed by atoms with Crippen LogP contribution in [-0.4, -0.2) is 37.4 Å². The fraction of sp³-hybridized carbons (Fsp3) is 0.462. The maximum atomic E-state index is 13.5. The van der Waals surface area contributed by atoms with Gasteiger partial charge in [0.25, 0.3) is 5.91 Å². The van der Waals surface area contributed by atoms with Crippen LogP contribution in [0.15, 0.2) is 18.2 Å². The lowest BCUT2D eigenvalue weighted by molar-refractivity contribution is -0.137. The van der Waals surface area contributed by atoms with Crippen LogP contribution < -0.4 is 5.32 Å². The SMILES string of the molecule is COCC(CCO)NC(=O)c1cc(C(F)(F)F)ccc1F. The highest BCUT2D eigenvalue weighted by atomic mass is 19.4. The van der Waals surface area contributed by atoms with Gasteiger partial charge in [-0.3, -0.25) is 4.79 Å². The Hall–Kier alpha value is -1.67. The topological polar surface area (TPSA) is 58.6 Å². The van der Waals surface area contributed by atoms with E-state index in [0.717, 1.165) is 0 Å². The van der Waals surface area contributed by atoms with Gasteiger partial charge in [0.1, 0.15) is 5.82 Å². The number of carbonyl (C=O) groups is 1. The lowest BCUT2D eigenvalue weighted by Crippen LogP contribution is -2.39. The molecule has 0 aliphatic rings. The Bertz CT molecular complexity index is 485. The number of methoxy groups -OCH3 is 1. The number of aliphatic hydroxyl groups is 1. The molecule has 2 N–H and O–H groups in total. The molecule has 1 aromatic carbocycles. The summed E-state index contributed by atoms with van der Waals surface area (Å²) in [6, 6.07) is 0.983. The summed E-state index contributed by atoms with van der Waals surface area (Å²) in [5, 5.41) is 11.1. The maximum Gasteiger partial charge on any atom is 0.416 e. The summed E-state index contributed by atoms with van der Waals surface area (Å²) in [6.45, 7) is -0.202. The Morgan fingerprint density at radius 2 is 2.10 bits per heavy atom. The number of ether oxygens (including phenoxy) is 1. The van der Waals surface area contributed by atoms with Gasteiger partial charge in [-0.05, 0) is 24.6 Å². The number of hydrogen-bond acceptors (Lipinski definition) is 3. The van der Waals surface area contributed by atoms with Crippen molar-refractivity contribution in [3.05, 3.63) is 35.1 Å². The van der Waals surface area contributed by atoms with Crippen molar-refractivity contribution in [1.82, 2.24) is 5.32 Å². The molecule has 0 spiro atoms. The first-order chi connectivity index (χ1) is 9.79. The molecule has 0 radical (unpaired) electrons. The summed E-state index contributed by atoms with van der Waals surface area (Å²) >= 11 is 0. The van der Waals surface area contributed by atoms with Crippen molar-refractivity contribution in [2.75, 3.05) is 20.3 Å². The van der Waals surface area contributed by atoms with Crippen LogP contribution in [0.25, 0.3) is 0 Å². The van der Waals surface area contributed by atoms with Gasteiger partial charge in [0.15, 0.2) is 0 Å². The molecule has 0 saturated heterocycles. The molecule has 0 saturated carbocycles. The molecular weight excluding hydrogens is 294 g/mol. The van der Waals surface area contributed by atoms with Crippen LogP contribution >= 0.6 is 0 Å². The Morgan fingerprint density at radius 3 is 2.62 bits per heavy atom. The molecule has 0 aliphatic carbocycles. The lowest BCUT2D eigenvalue weighted by atomic mass is 10.1. The minimum atomic E-state index is -4.67. The highest BCUT2D eigenvalue weighted by molar-refractivity contribution is 5.94. The summed E-state index contributed by atoms with van der Waals surface area (Å²) in [4.78, 5) is 11.8. The Morgan fingerprint density at radius 1 is 1.43 bits per heavy atom. The van der Waals surface area contributed by atoms with Gasteiger partial charge in [-0.1, -0.05) is 0 Å². The average Bonchev–Trinajstić information content (AvgIpc) is 2.38. The second-order valence-electron chi connectivity index (χ2n) is 4.33. The zero-order valence-corrected chi connectivity index (χ0v) is 11.2. The van der Waals surface area contributed by atoms with Gasteiger partial charge < -0.3 is 15.2 Å². The monoisotopic (exact) mass is 309 g/mol. The molecule has 8 heteroatoms. The van der Waals surface area contributed by atoms with Crippen LogP contribution in [0.1, 0.15) is 22.3 Å². The average molecular weight is 309 g/mol. The Labute approximate surface area is 118 Å². The van der Waals surface area contributed by atoms with E-state index in [1.165, 1.54) is 7.11 Å². The first-order valence-corrected chi connectivity index (χ1v) is 6.07. The van der Waals surface area contributed by atoms with E-state index < -0.39 is 35.1 Å². The van der Waals surface area contributed by atoms with Crippen LogP contribution in [-0.2, 0) is 10.9 Å². The molecule has 4 nitrogen and oxygen atoms in total. The highest BCUT2D eigenvalue weighted by Crippen LogP contribution is 2.30. The molecule has 1 aromatic rings. The van der Waals surface area contributed by atoms with Gasteiger partial charge in [-0.15, -0.1) is 0 Å². The van der Waals surface area contributed by atoms with Crippen LogP contribution in [0, 0.1) is 5.82 Å². The van der Waals surface area contributed by atoms with Gasteiger partial charge in [0.2, 0.25) is 0 Å². The van der Waals surface area contributed by atoms with Crippen molar-refractivity contribution in [2.45, 2.75) is 18.6 Å². The highest BCUT2D eigenvalue weighted by Gasteiger charge is 2.32. The van der Waals surface area contributed by atoms with E-state index in [2.05, 4.69) is 5.32 Å². The summed E-state index contributed by atoms with van der Waals surface area (Å²) in [5.74, 6) is -2.05. The van der Waals surface area contributed by atoms with E-state index in [0.29, 0.717) is 18.2 Å². The van der Waals surface area contributed by atoms with Crippen molar-refractivity contribution >= 4 is 5.91 Å². The maximum absolute atomic E-state index is 13.5. The third-order valence-electron chi connectivity index (χ3n) is 2.72. The number of amides is 1. The van der Waals surface area contributed by atoms with Crippen molar-refractivity contribution in [3.8, 4) is 0 Å². The quantitative estimate of drug-likeness (QED) is 0.790. The molecule has 0 fully saturated rings. The predicted molar refractivity (Wildman–Crippen MR) is 66.2 cm³/mol. The first-order valence-electron chi connectivity index (χ1n) is 6.07. The molecule has 1 unspecified atom stereocenters. The minimum absolute atomic E-state index is 0.0485. The Kier molecular flexibility index (Phi) is 6.10. The number of aliphatic hydroxyl groups excluding tert-OH is 1. The van der Waals surface area contributed by atoms with E-state index in [-0.39, 0.29) is 19.6 Å². The zero-order valence-electron chi connectivity index (χ0n) is 11.2. The van der Waals surface area contributed by atoms with Crippen LogP contribution in [0.2, 0.25) is 0 Å². The normalized spacial score (nSPS) is 13.0. The fourth-order valence-corrected chi connectivity index (χ4v) is 1.69. The van der Waals surface area contributed by atoms with Crippen molar-refractivity contribution < 1.29 is 32.2 Å². The smallest absolute Gasteiger partial charge is 0.396 e. The standard InChI is InChI=1S/C13H15F4NO3/c1-21-7-9(4-5-19)18-12(20)10-6-8(13(15,16)17)2-3-11(10)14/h2-3,6,9,19H,4-5,7H2,1H3,(H,18,20). The molecule has 21 heavy (non-hydrogen) atoms. The van der Waals surface area contributed by atoms with Gasteiger partial charge >= 0.3 is 6.18 Å². The molecule has 0 aliphatic heterocycles. The van der Waals surface area contributed by atoms with Crippen LogP contribution in [0.5, 0.6) is 0 Å².